The van der Waals surface area contributed by atoms with Gasteiger partial charge in [-0.1, -0.05) is 19.9 Å². The summed E-state index contributed by atoms with van der Waals surface area (Å²) in [6.45, 7) is 7.10. The molecule has 4 nitrogen and oxygen atoms in total. The predicted octanol–water partition coefficient (Wildman–Crippen LogP) is 2.86. The van der Waals surface area contributed by atoms with Crippen LogP contribution in [0, 0.1) is 12.8 Å². The fraction of sp³-hybridized carbons (Fsp3) is 0.467. The summed E-state index contributed by atoms with van der Waals surface area (Å²) in [7, 11) is 0. The van der Waals surface area contributed by atoms with Gasteiger partial charge in [-0.05, 0) is 30.5 Å². The number of nitrogens with zero attached hydrogens (tertiary/aromatic N) is 2. The van der Waals surface area contributed by atoms with Crippen molar-refractivity contribution >= 4 is 28.5 Å². The van der Waals surface area contributed by atoms with E-state index in [2.05, 4.69) is 24.1 Å². The molecule has 0 bridgehead atoms. The van der Waals surface area contributed by atoms with Crippen LogP contribution in [0.5, 0.6) is 0 Å². The maximum Gasteiger partial charge on any atom is 0.240 e. The van der Waals surface area contributed by atoms with Crippen LogP contribution < -0.4 is 5.32 Å². The monoisotopic (exact) mass is 293 g/mol. The maximum atomic E-state index is 12.0. The van der Waals surface area contributed by atoms with Crippen LogP contribution in [0.15, 0.2) is 18.2 Å². The van der Waals surface area contributed by atoms with Gasteiger partial charge in [0.15, 0.2) is 0 Å². The molecule has 0 aliphatic heterocycles. The molecule has 1 aromatic carbocycles. The van der Waals surface area contributed by atoms with E-state index >= 15 is 0 Å². The number of aromatic nitrogens is 2. The van der Waals surface area contributed by atoms with Crippen molar-refractivity contribution in [1.29, 1.82) is 0 Å². The minimum Gasteiger partial charge on any atom is -0.354 e. The van der Waals surface area contributed by atoms with E-state index in [1.54, 1.807) is 0 Å². The molecule has 0 aliphatic carbocycles. The van der Waals surface area contributed by atoms with Crippen LogP contribution in [0.25, 0.3) is 11.0 Å². The highest BCUT2D eigenvalue weighted by molar-refractivity contribution is 6.16. The van der Waals surface area contributed by atoms with Crippen molar-refractivity contribution in [3.05, 3.63) is 29.6 Å². The minimum absolute atomic E-state index is 0.00931. The summed E-state index contributed by atoms with van der Waals surface area (Å²) >= 11 is 5.94. The third kappa shape index (κ3) is 3.31. The first-order valence-electron chi connectivity index (χ1n) is 6.79. The van der Waals surface area contributed by atoms with Gasteiger partial charge in [0.1, 0.15) is 12.4 Å². The van der Waals surface area contributed by atoms with E-state index < -0.39 is 0 Å². The van der Waals surface area contributed by atoms with Gasteiger partial charge in [0.2, 0.25) is 5.91 Å². The molecule has 0 saturated carbocycles. The summed E-state index contributed by atoms with van der Waals surface area (Å²) in [6, 6.07) is 6.02. The van der Waals surface area contributed by atoms with E-state index in [0.29, 0.717) is 18.3 Å². The maximum absolute atomic E-state index is 12.0. The molecule has 2 aromatic rings. The Hall–Kier alpha value is -1.55. The van der Waals surface area contributed by atoms with Crippen molar-refractivity contribution < 1.29 is 4.79 Å². The van der Waals surface area contributed by atoms with Gasteiger partial charge in [-0.25, -0.2) is 4.98 Å². The first-order valence-corrected chi connectivity index (χ1v) is 7.33. The van der Waals surface area contributed by atoms with Crippen molar-refractivity contribution in [1.82, 2.24) is 14.9 Å². The second-order valence-corrected chi connectivity index (χ2v) is 5.71. The fourth-order valence-corrected chi connectivity index (χ4v) is 2.29. The fourth-order valence-electron chi connectivity index (χ4n) is 2.09. The summed E-state index contributed by atoms with van der Waals surface area (Å²) in [4.78, 5) is 16.5. The number of carbonyl (C=O) groups is 1. The van der Waals surface area contributed by atoms with Gasteiger partial charge in [0.25, 0.3) is 0 Å². The molecule has 0 radical (unpaired) electrons. The molecule has 1 N–H and O–H groups in total. The number of halogens is 1. The van der Waals surface area contributed by atoms with E-state index in [9.17, 15) is 4.79 Å². The van der Waals surface area contributed by atoms with Crippen LogP contribution in [0.3, 0.4) is 0 Å². The van der Waals surface area contributed by atoms with Gasteiger partial charge in [-0.2, -0.15) is 0 Å². The van der Waals surface area contributed by atoms with Crippen LogP contribution in [-0.4, -0.2) is 22.0 Å². The highest BCUT2D eigenvalue weighted by atomic mass is 35.5. The van der Waals surface area contributed by atoms with Crippen LogP contribution in [0.4, 0.5) is 0 Å². The van der Waals surface area contributed by atoms with Gasteiger partial charge in [0.05, 0.1) is 16.9 Å². The van der Waals surface area contributed by atoms with Crippen molar-refractivity contribution in [2.75, 3.05) is 6.54 Å². The summed E-state index contributed by atoms with van der Waals surface area (Å²) < 4.78 is 1.89. The van der Waals surface area contributed by atoms with E-state index in [4.69, 9.17) is 11.6 Å². The number of benzene rings is 1. The first-order chi connectivity index (χ1) is 9.51. The van der Waals surface area contributed by atoms with E-state index in [0.717, 1.165) is 22.4 Å². The highest BCUT2D eigenvalue weighted by Crippen LogP contribution is 2.19. The van der Waals surface area contributed by atoms with Gasteiger partial charge >= 0.3 is 0 Å². The summed E-state index contributed by atoms with van der Waals surface area (Å²) in [6.07, 6.45) is 0. The number of rotatable bonds is 5. The Morgan fingerprint density at radius 2 is 2.20 bits per heavy atom. The number of aryl methyl sites for hydroxylation is 1. The highest BCUT2D eigenvalue weighted by Gasteiger charge is 2.13. The number of carbonyl (C=O) groups excluding carboxylic acids is 1. The van der Waals surface area contributed by atoms with E-state index in [1.165, 1.54) is 0 Å². The van der Waals surface area contributed by atoms with Gasteiger partial charge < -0.3 is 9.88 Å². The smallest absolute Gasteiger partial charge is 0.240 e. The lowest BCUT2D eigenvalue weighted by molar-refractivity contribution is -0.121. The lowest BCUT2D eigenvalue weighted by Crippen LogP contribution is -2.31. The second kappa shape index (κ2) is 6.27. The number of nitrogens with one attached hydrogen (secondary N) is 1. The minimum atomic E-state index is -0.00931. The molecular formula is C15H20ClN3O. The number of fused-ring (bicyclic) bond motifs is 1. The Morgan fingerprint density at radius 1 is 1.45 bits per heavy atom. The molecule has 0 aliphatic rings. The van der Waals surface area contributed by atoms with Gasteiger partial charge in [0, 0.05) is 6.54 Å². The molecule has 0 atom stereocenters. The Morgan fingerprint density at radius 3 is 2.85 bits per heavy atom. The van der Waals surface area contributed by atoms with Crippen molar-refractivity contribution in [2.24, 2.45) is 5.92 Å². The van der Waals surface area contributed by atoms with Gasteiger partial charge in [-0.3, -0.25) is 4.79 Å². The molecule has 1 aromatic heterocycles. The number of hydrogen-bond acceptors (Lipinski definition) is 2. The van der Waals surface area contributed by atoms with Crippen LogP contribution in [0.2, 0.25) is 0 Å². The Kier molecular flexibility index (Phi) is 4.65. The predicted molar refractivity (Wildman–Crippen MR) is 81.9 cm³/mol. The summed E-state index contributed by atoms with van der Waals surface area (Å²) in [5, 5.41) is 2.92. The molecule has 2 rings (SSSR count). The molecule has 0 unspecified atom stereocenters. The third-order valence-corrected chi connectivity index (χ3v) is 3.35. The zero-order valence-corrected chi connectivity index (χ0v) is 12.9. The third-order valence-electron chi connectivity index (χ3n) is 3.11. The molecule has 20 heavy (non-hydrogen) atoms. The van der Waals surface area contributed by atoms with Crippen LogP contribution >= 0.6 is 11.6 Å². The number of hydrogen-bond donors (Lipinski definition) is 1. The average Bonchev–Trinajstić information content (AvgIpc) is 2.73. The summed E-state index contributed by atoms with van der Waals surface area (Å²) in [5.74, 6) is 1.45. The molecule has 1 heterocycles. The van der Waals surface area contributed by atoms with E-state index in [-0.39, 0.29) is 12.5 Å². The zero-order valence-electron chi connectivity index (χ0n) is 12.1. The average molecular weight is 294 g/mol. The molecule has 0 spiro atoms. The van der Waals surface area contributed by atoms with Crippen molar-refractivity contribution in [2.45, 2.75) is 33.2 Å². The number of amides is 1. The molecule has 108 valence electrons. The zero-order chi connectivity index (χ0) is 14.7. The van der Waals surface area contributed by atoms with Crippen molar-refractivity contribution in [3.63, 3.8) is 0 Å². The SMILES string of the molecule is Cc1ccc2c(c1)nc(CCl)n2CC(=O)NCC(C)C. The normalized spacial score (nSPS) is 11.2. The quantitative estimate of drug-likeness (QED) is 0.862. The number of imidazole rings is 1. The Labute approximate surface area is 124 Å². The lowest BCUT2D eigenvalue weighted by Gasteiger charge is -2.10. The molecule has 1 amide bonds. The van der Waals surface area contributed by atoms with Crippen molar-refractivity contribution in [3.8, 4) is 0 Å². The lowest BCUT2D eigenvalue weighted by atomic mass is 10.2. The Bertz CT molecular complexity index is 619. The van der Waals surface area contributed by atoms with Crippen LogP contribution in [-0.2, 0) is 17.2 Å². The second-order valence-electron chi connectivity index (χ2n) is 5.44. The standard InChI is InChI=1S/C15H20ClN3O/c1-10(2)8-17-15(20)9-19-13-5-4-11(3)6-12(13)18-14(19)7-16/h4-6,10H,7-9H2,1-3H3,(H,17,20). The molecule has 0 saturated heterocycles. The first kappa shape index (κ1) is 14.9. The van der Waals surface area contributed by atoms with E-state index in [1.807, 2.05) is 29.7 Å². The summed E-state index contributed by atoms with van der Waals surface area (Å²) in [5.41, 5.74) is 2.98. The molecule has 0 fully saturated rings. The number of alkyl halides is 1. The largest absolute Gasteiger partial charge is 0.354 e. The van der Waals surface area contributed by atoms with Gasteiger partial charge in [-0.15, -0.1) is 11.6 Å². The topological polar surface area (TPSA) is 46.9 Å². The molecule has 5 heteroatoms. The molecular weight excluding hydrogens is 274 g/mol. The Balaban J connectivity index is 2.26. The van der Waals surface area contributed by atoms with Crippen LogP contribution in [0.1, 0.15) is 25.2 Å².